The lowest BCUT2D eigenvalue weighted by atomic mass is 9.74. The van der Waals surface area contributed by atoms with E-state index in [0.717, 1.165) is 12.8 Å². The number of rotatable bonds is 10. The van der Waals surface area contributed by atoms with Crippen molar-refractivity contribution in [2.75, 3.05) is 26.1 Å². The quantitative estimate of drug-likeness (QED) is 0.411. The fraction of sp³-hybridized carbons (Fsp3) is 0.478. The first-order chi connectivity index (χ1) is 17.2. The van der Waals surface area contributed by atoms with Gasteiger partial charge in [0.2, 0.25) is 16.0 Å². The van der Waals surface area contributed by atoms with Crippen molar-refractivity contribution in [3.63, 3.8) is 0 Å². The van der Waals surface area contributed by atoms with Crippen molar-refractivity contribution in [2.45, 2.75) is 44.0 Å². The van der Waals surface area contributed by atoms with Crippen molar-refractivity contribution in [3.05, 3.63) is 47.3 Å². The van der Waals surface area contributed by atoms with Crippen LogP contribution in [0.15, 0.2) is 30.6 Å². The van der Waals surface area contributed by atoms with Gasteiger partial charge in [-0.15, -0.1) is 10.2 Å². The number of nitrogens with one attached hydrogen (secondary N) is 1. The molecule has 194 valence electrons. The first-order valence-electron chi connectivity index (χ1n) is 11.4. The van der Waals surface area contributed by atoms with Gasteiger partial charge in [-0.05, 0) is 37.8 Å². The van der Waals surface area contributed by atoms with Crippen LogP contribution in [0.1, 0.15) is 50.4 Å². The second kappa shape index (κ2) is 10.6. The van der Waals surface area contributed by atoms with Gasteiger partial charge in [0.25, 0.3) is 0 Å². The Bertz CT molecular complexity index is 1290. The average Bonchev–Trinajstić information content (AvgIpc) is 3.24. The summed E-state index contributed by atoms with van der Waals surface area (Å²) < 4.78 is 48.0. The summed E-state index contributed by atoms with van der Waals surface area (Å²) in [6.45, 7) is 3.64. The molecular weight excluding hydrogens is 508 g/mol. The third-order valence-electron chi connectivity index (χ3n) is 6.56. The van der Waals surface area contributed by atoms with Crippen molar-refractivity contribution in [1.29, 1.82) is 0 Å². The van der Waals surface area contributed by atoms with Crippen molar-refractivity contribution in [2.24, 2.45) is 5.92 Å². The molecule has 36 heavy (non-hydrogen) atoms. The molecule has 0 saturated heterocycles. The van der Waals surface area contributed by atoms with Gasteiger partial charge in [-0.25, -0.2) is 18.4 Å². The molecule has 1 saturated carbocycles. The number of hydrogen-bond acceptors (Lipinski definition) is 9. The zero-order valence-corrected chi connectivity index (χ0v) is 22.2. The summed E-state index contributed by atoms with van der Waals surface area (Å²) in [5, 5.41) is 7.88. The predicted octanol–water partition coefficient (Wildman–Crippen LogP) is 3.76. The highest BCUT2D eigenvalue weighted by atomic mass is 35.5. The highest BCUT2D eigenvalue weighted by Crippen LogP contribution is 2.45. The molecule has 0 bridgehead atoms. The second-order valence-electron chi connectivity index (χ2n) is 8.66. The predicted molar refractivity (Wildman–Crippen MR) is 134 cm³/mol. The Hall–Kier alpha value is -2.96. The SMILES string of the molecule is COc1cccc(OC)c1-n1c(NS(=O)(=O)C(C)C(OC)c2ncc(Cl)cn2)nnc1[C@H]1CC[C@@H]1C. The summed E-state index contributed by atoms with van der Waals surface area (Å²) in [5.74, 6) is 2.29. The number of benzene rings is 1. The molecule has 0 amide bonds. The van der Waals surface area contributed by atoms with Crippen LogP contribution in [-0.4, -0.2) is 59.7 Å². The van der Waals surface area contributed by atoms with Gasteiger partial charge in [0.05, 0.1) is 19.2 Å². The van der Waals surface area contributed by atoms with Gasteiger partial charge in [0, 0.05) is 25.4 Å². The summed E-state index contributed by atoms with van der Waals surface area (Å²) >= 11 is 5.88. The Labute approximate surface area is 215 Å². The summed E-state index contributed by atoms with van der Waals surface area (Å²) in [4.78, 5) is 8.26. The van der Waals surface area contributed by atoms with Gasteiger partial charge in [-0.2, -0.15) is 0 Å². The van der Waals surface area contributed by atoms with Crippen LogP contribution in [0.4, 0.5) is 5.95 Å². The number of para-hydroxylation sites is 1. The molecule has 1 N–H and O–H groups in total. The maximum absolute atomic E-state index is 13.5. The van der Waals surface area contributed by atoms with Crippen LogP contribution in [0, 0.1) is 5.92 Å². The summed E-state index contributed by atoms with van der Waals surface area (Å²) in [6, 6.07) is 5.33. The minimum Gasteiger partial charge on any atom is -0.494 e. The minimum absolute atomic E-state index is 0.0191. The van der Waals surface area contributed by atoms with Crippen molar-refractivity contribution < 1.29 is 22.6 Å². The van der Waals surface area contributed by atoms with E-state index in [9.17, 15) is 8.42 Å². The number of nitrogens with zero attached hydrogens (tertiary/aromatic N) is 5. The maximum atomic E-state index is 13.5. The maximum Gasteiger partial charge on any atom is 0.243 e. The van der Waals surface area contributed by atoms with Crippen LogP contribution in [0.25, 0.3) is 5.69 Å². The minimum atomic E-state index is -4.06. The molecule has 1 aromatic carbocycles. The largest absolute Gasteiger partial charge is 0.494 e. The van der Waals surface area contributed by atoms with Crippen LogP contribution in [0.3, 0.4) is 0 Å². The zero-order valence-electron chi connectivity index (χ0n) is 20.7. The highest BCUT2D eigenvalue weighted by Gasteiger charge is 2.38. The molecule has 2 unspecified atom stereocenters. The normalized spacial score (nSPS) is 19.3. The van der Waals surface area contributed by atoms with E-state index in [0.29, 0.717) is 34.0 Å². The number of anilines is 1. The Morgan fingerprint density at radius 1 is 1.08 bits per heavy atom. The summed E-state index contributed by atoms with van der Waals surface area (Å²) in [5.41, 5.74) is 0.510. The van der Waals surface area contributed by atoms with E-state index in [4.69, 9.17) is 25.8 Å². The number of methoxy groups -OCH3 is 3. The van der Waals surface area contributed by atoms with E-state index in [-0.39, 0.29) is 17.7 Å². The van der Waals surface area contributed by atoms with E-state index in [1.165, 1.54) is 40.6 Å². The van der Waals surface area contributed by atoms with Gasteiger partial charge in [0.15, 0.2) is 5.82 Å². The molecule has 1 aliphatic carbocycles. The number of halogens is 1. The van der Waals surface area contributed by atoms with Crippen LogP contribution in [-0.2, 0) is 14.8 Å². The second-order valence-corrected chi connectivity index (χ2v) is 11.1. The van der Waals surface area contributed by atoms with Gasteiger partial charge < -0.3 is 14.2 Å². The summed E-state index contributed by atoms with van der Waals surface area (Å²) in [6.07, 6.45) is 3.79. The lowest BCUT2D eigenvalue weighted by Crippen LogP contribution is -2.33. The lowest BCUT2D eigenvalue weighted by Gasteiger charge is -2.33. The van der Waals surface area contributed by atoms with Crippen LogP contribution in [0.2, 0.25) is 5.02 Å². The van der Waals surface area contributed by atoms with E-state index >= 15 is 0 Å². The van der Waals surface area contributed by atoms with E-state index < -0.39 is 21.4 Å². The molecule has 4 rings (SSSR count). The Kier molecular flexibility index (Phi) is 7.67. The van der Waals surface area contributed by atoms with E-state index in [1.807, 2.05) is 0 Å². The molecule has 2 heterocycles. The lowest BCUT2D eigenvalue weighted by molar-refractivity contribution is 0.0950. The Balaban J connectivity index is 1.78. The Morgan fingerprint density at radius 2 is 1.72 bits per heavy atom. The topological polar surface area (TPSA) is 130 Å². The fourth-order valence-electron chi connectivity index (χ4n) is 4.28. The van der Waals surface area contributed by atoms with Gasteiger partial charge in [-0.1, -0.05) is 24.6 Å². The number of ether oxygens (including phenoxy) is 3. The van der Waals surface area contributed by atoms with E-state index in [2.05, 4.69) is 31.8 Å². The van der Waals surface area contributed by atoms with Crippen molar-refractivity contribution in [3.8, 4) is 17.2 Å². The first-order valence-corrected chi connectivity index (χ1v) is 13.3. The zero-order chi connectivity index (χ0) is 26.0. The molecule has 3 aromatic rings. The van der Waals surface area contributed by atoms with Crippen LogP contribution in [0.5, 0.6) is 11.5 Å². The molecule has 1 aliphatic rings. The van der Waals surface area contributed by atoms with Gasteiger partial charge in [0.1, 0.15) is 34.4 Å². The smallest absolute Gasteiger partial charge is 0.243 e. The molecule has 0 aliphatic heterocycles. The van der Waals surface area contributed by atoms with Crippen LogP contribution >= 0.6 is 11.6 Å². The molecular formula is C23H29ClN6O5S. The van der Waals surface area contributed by atoms with Gasteiger partial charge in [-0.3, -0.25) is 9.29 Å². The highest BCUT2D eigenvalue weighted by molar-refractivity contribution is 7.93. The number of hydrogen-bond donors (Lipinski definition) is 1. The molecule has 13 heteroatoms. The number of sulfonamides is 1. The molecule has 11 nitrogen and oxygen atoms in total. The third-order valence-corrected chi connectivity index (χ3v) is 8.45. The number of aromatic nitrogens is 5. The molecule has 0 spiro atoms. The first kappa shape index (κ1) is 26.1. The molecule has 1 fully saturated rings. The Morgan fingerprint density at radius 3 is 2.22 bits per heavy atom. The standard InChI is InChI=1S/C23H29ClN6O5S/c1-13-9-10-16(13)22-27-28-23(30(22)19-17(33-3)7-6-8-18(19)34-4)29-36(31,32)14(2)20(35-5)21-25-11-15(24)12-26-21/h6-8,11-14,16,20H,9-10H2,1-5H3,(H,28,29)/t13-,14?,16-,20?/m0/s1. The molecule has 4 atom stereocenters. The van der Waals surface area contributed by atoms with Crippen molar-refractivity contribution >= 4 is 27.6 Å². The third kappa shape index (κ3) is 4.84. The average molecular weight is 537 g/mol. The van der Waals surface area contributed by atoms with Crippen molar-refractivity contribution in [1.82, 2.24) is 24.7 Å². The fourth-order valence-corrected chi connectivity index (χ4v) is 5.51. The van der Waals surface area contributed by atoms with Gasteiger partial charge >= 0.3 is 0 Å². The molecule has 2 aromatic heterocycles. The summed E-state index contributed by atoms with van der Waals surface area (Å²) in [7, 11) is 0.410. The van der Waals surface area contributed by atoms with Crippen LogP contribution < -0.4 is 14.2 Å². The molecule has 0 radical (unpaired) electrons. The monoisotopic (exact) mass is 536 g/mol. The van der Waals surface area contributed by atoms with E-state index in [1.54, 1.807) is 22.8 Å².